The molecular weight excluding hydrogens is 540 g/mol. The van der Waals surface area contributed by atoms with Gasteiger partial charge < -0.3 is 24.3 Å². The number of pyridine rings is 1. The van der Waals surface area contributed by atoms with E-state index in [1.165, 1.54) is 33.8 Å². The number of ether oxygens (including phenoxy) is 2. The van der Waals surface area contributed by atoms with E-state index >= 15 is 0 Å². The van der Waals surface area contributed by atoms with Crippen LogP contribution in [0.4, 0.5) is 5.69 Å². The Morgan fingerprint density at radius 2 is 1.50 bits per heavy atom. The van der Waals surface area contributed by atoms with Crippen LogP contribution in [0.2, 0.25) is 0 Å². The smallest absolute Gasteiger partial charge is 0.174 e. The molecule has 0 unspecified atom stereocenters. The Bertz CT molecular complexity index is 1730. The van der Waals surface area contributed by atoms with E-state index in [9.17, 15) is 0 Å². The van der Waals surface area contributed by atoms with Crippen LogP contribution in [-0.4, -0.2) is 21.8 Å². The van der Waals surface area contributed by atoms with Crippen molar-refractivity contribution in [2.24, 2.45) is 0 Å². The number of aromatic nitrogens is 2. The first-order valence-electron chi connectivity index (χ1n) is 14.0. The van der Waals surface area contributed by atoms with Gasteiger partial charge in [0.25, 0.3) is 0 Å². The molecule has 0 saturated carbocycles. The number of nitrogens with one attached hydrogen (secondary N) is 1. The first-order chi connectivity index (χ1) is 20.3. The van der Waals surface area contributed by atoms with Crippen LogP contribution in [0.25, 0.3) is 5.69 Å². The average Bonchev–Trinajstić information content (AvgIpc) is 3.50. The molecular formula is C35H34N4O2S. The Morgan fingerprint density at radius 1 is 0.810 bits per heavy atom. The van der Waals surface area contributed by atoms with Gasteiger partial charge in [-0.05, 0) is 129 Å². The van der Waals surface area contributed by atoms with Crippen molar-refractivity contribution in [3.05, 3.63) is 131 Å². The molecule has 212 valence electrons. The lowest BCUT2D eigenvalue weighted by molar-refractivity contribution is 0.413. The van der Waals surface area contributed by atoms with Crippen molar-refractivity contribution >= 4 is 23.0 Å². The number of rotatable bonds is 7. The summed E-state index contributed by atoms with van der Waals surface area (Å²) in [6.45, 7) is 8.67. The zero-order chi connectivity index (χ0) is 29.4. The number of methoxy groups -OCH3 is 1. The molecule has 1 saturated heterocycles. The molecule has 2 atom stereocenters. The predicted molar refractivity (Wildman–Crippen MR) is 172 cm³/mol. The van der Waals surface area contributed by atoms with Crippen LogP contribution in [0.5, 0.6) is 17.2 Å². The van der Waals surface area contributed by atoms with Gasteiger partial charge in [-0.25, -0.2) is 0 Å². The second kappa shape index (κ2) is 11.3. The molecule has 3 heterocycles. The summed E-state index contributed by atoms with van der Waals surface area (Å²) in [6, 6.07) is 30.3. The van der Waals surface area contributed by atoms with Gasteiger partial charge in [0.2, 0.25) is 0 Å². The van der Waals surface area contributed by atoms with Crippen molar-refractivity contribution in [3.63, 3.8) is 0 Å². The molecule has 1 N–H and O–H groups in total. The number of nitrogens with zero attached hydrogens (tertiary/aromatic N) is 3. The van der Waals surface area contributed by atoms with Gasteiger partial charge in [-0.15, -0.1) is 0 Å². The first kappa shape index (κ1) is 27.5. The van der Waals surface area contributed by atoms with Crippen molar-refractivity contribution in [1.82, 2.24) is 14.9 Å². The van der Waals surface area contributed by atoms with Crippen molar-refractivity contribution < 1.29 is 9.47 Å². The number of hydrogen-bond donors (Lipinski definition) is 1. The summed E-state index contributed by atoms with van der Waals surface area (Å²) >= 11 is 5.99. The highest BCUT2D eigenvalue weighted by molar-refractivity contribution is 7.80. The average molecular weight is 575 g/mol. The van der Waals surface area contributed by atoms with E-state index < -0.39 is 0 Å². The maximum atomic E-state index is 6.10. The summed E-state index contributed by atoms with van der Waals surface area (Å²) in [5.74, 6) is 2.28. The van der Waals surface area contributed by atoms with Crippen LogP contribution in [-0.2, 0) is 0 Å². The molecule has 42 heavy (non-hydrogen) atoms. The van der Waals surface area contributed by atoms with Crippen molar-refractivity contribution in [2.45, 2.75) is 39.8 Å². The second-order valence-corrected chi connectivity index (χ2v) is 11.1. The third kappa shape index (κ3) is 5.12. The molecule has 1 fully saturated rings. The summed E-state index contributed by atoms with van der Waals surface area (Å²) in [4.78, 5) is 6.94. The van der Waals surface area contributed by atoms with Gasteiger partial charge in [0, 0.05) is 29.0 Å². The summed E-state index contributed by atoms with van der Waals surface area (Å²) in [5.41, 5.74) is 9.16. The van der Waals surface area contributed by atoms with E-state index in [-0.39, 0.29) is 12.1 Å². The third-order valence-electron chi connectivity index (χ3n) is 7.90. The highest BCUT2D eigenvalue weighted by Gasteiger charge is 2.42. The lowest BCUT2D eigenvalue weighted by atomic mass is 9.96. The molecule has 6 rings (SSSR count). The highest BCUT2D eigenvalue weighted by Crippen LogP contribution is 2.44. The minimum absolute atomic E-state index is 0.106. The molecule has 0 aliphatic carbocycles. The molecule has 7 heteroatoms. The van der Waals surface area contributed by atoms with E-state index in [1.54, 1.807) is 7.11 Å². The van der Waals surface area contributed by atoms with Gasteiger partial charge in [-0.3, -0.25) is 4.98 Å². The van der Waals surface area contributed by atoms with Crippen LogP contribution >= 0.6 is 12.2 Å². The molecule has 2 aromatic heterocycles. The molecule has 1 aliphatic rings. The number of benzene rings is 3. The minimum atomic E-state index is -0.124. The Hall–Kier alpha value is -4.62. The predicted octanol–water partition coefficient (Wildman–Crippen LogP) is 8.08. The number of anilines is 1. The summed E-state index contributed by atoms with van der Waals surface area (Å²) in [5, 5.41) is 4.25. The molecule has 0 amide bonds. The van der Waals surface area contributed by atoms with Crippen LogP contribution in [0.1, 0.15) is 45.9 Å². The second-order valence-electron chi connectivity index (χ2n) is 10.7. The zero-order valence-corrected chi connectivity index (χ0v) is 25.3. The third-order valence-corrected chi connectivity index (χ3v) is 8.22. The summed E-state index contributed by atoms with van der Waals surface area (Å²) in [7, 11) is 1.65. The standard InChI is InChI=1S/C35H34N4O2S/c1-22-9-10-23(2)32(20-22)38-24(3)21-30(25(38)4)34-33(31-8-6-7-19-36-31)37-35(42)39(34)26-11-13-28(14-12-26)41-29-17-15-27(40-5)16-18-29/h6-21,33-34H,1-5H3,(H,37,42)/t33-,34+/m0/s1. The molecule has 0 bridgehead atoms. The maximum Gasteiger partial charge on any atom is 0.174 e. The molecule has 1 aliphatic heterocycles. The molecule has 0 spiro atoms. The van der Waals surface area contributed by atoms with E-state index in [4.69, 9.17) is 26.7 Å². The fourth-order valence-electron chi connectivity index (χ4n) is 5.82. The fourth-order valence-corrected chi connectivity index (χ4v) is 6.17. The van der Waals surface area contributed by atoms with Crippen molar-refractivity contribution in [1.29, 1.82) is 0 Å². The Labute approximate surface area is 252 Å². The Morgan fingerprint density at radius 3 is 2.17 bits per heavy atom. The van der Waals surface area contributed by atoms with E-state index in [0.717, 1.165) is 28.6 Å². The SMILES string of the molecule is COc1ccc(Oc2ccc(N3C(=S)N[C@@H](c4ccccn4)[C@H]3c3cc(C)n(-c4cc(C)ccc4C)c3C)cc2)cc1. The molecule has 6 nitrogen and oxygen atoms in total. The number of hydrogen-bond acceptors (Lipinski definition) is 4. The van der Waals surface area contributed by atoms with Gasteiger partial charge in [-0.1, -0.05) is 18.2 Å². The van der Waals surface area contributed by atoms with E-state index in [2.05, 4.69) is 84.9 Å². The van der Waals surface area contributed by atoms with Crippen LogP contribution in [0.3, 0.4) is 0 Å². The van der Waals surface area contributed by atoms with Gasteiger partial charge in [-0.2, -0.15) is 0 Å². The minimum Gasteiger partial charge on any atom is -0.497 e. The molecule has 0 radical (unpaired) electrons. The summed E-state index contributed by atoms with van der Waals surface area (Å²) in [6.07, 6.45) is 1.84. The largest absolute Gasteiger partial charge is 0.497 e. The van der Waals surface area contributed by atoms with Crippen LogP contribution in [0.15, 0.2) is 97.2 Å². The number of aryl methyl sites for hydroxylation is 3. The normalized spacial score (nSPS) is 16.4. The monoisotopic (exact) mass is 574 g/mol. The van der Waals surface area contributed by atoms with Crippen molar-refractivity contribution in [2.75, 3.05) is 12.0 Å². The lowest BCUT2D eigenvalue weighted by Gasteiger charge is -2.28. The van der Waals surface area contributed by atoms with Crippen molar-refractivity contribution in [3.8, 4) is 22.9 Å². The van der Waals surface area contributed by atoms with E-state index in [1.807, 2.05) is 54.7 Å². The van der Waals surface area contributed by atoms with Gasteiger partial charge in [0.15, 0.2) is 5.11 Å². The first-order valence-corrected chi connectivity index (χ1v) is 14.4. The zero-order valence-electron chi connectivity index (χ0n) is 24.5. The molecule has 3 aromatic carbocycles. The highest BCUT2D eigenvalue weighted by atomic mass is 32.1. The van der Waals surface area contributed by atoms with Crippen LogP contribution in [0, 0.1) is 27.7 Å². The quantitative estimate of drug-likeness (QED) is 0.198. The Kier molecular flexibility index (Phi) is 7.43. The topological polar surface area (TPSA) is 51.6 Å². The lowest BCUT2D eigenvalue weighted by Crippen LogP contribution is -2.29. The van der Waals surface area contributed by atoms with E-state index in [0.29, 0.717) is 5.11 Å². The molecule has 5 aromatic rings. The Balaban J connectivity index is 1.40. The maximum absolute atomic E-state index is 6.10. The van der Waals surface area contributed by atoms with Gasteiger partial charge >= 0.3 is 0 Å². The van der Waals surface area contributed by atoms with Gasteiger partial charge in [0.05, 0.1) is 24.9 Å². The fraction of sp³-hybridized carbons (Fsp3) is 0.200. The number of thiocarbonyl (C=S) groups is 1. The van der Waals surface area contributed by atoms with Gasteiger partial charge in [0.1, 0.15) is 17.2 Å². The van der Waals surface area contributed by atoms with Crippen LogP contribution < -0.4 is 19.7 Å². The summed E-state index contributed by atoms with van der Waals surface area (Å²) < 4.78 is 13.7.